The summed E-state index contributed by atoms with van der Waals surface area (Å²) >= 11 is 0. The molecule has 1 N–H and O–H groups in total. The smallest absolute Gasteiger partial charge is 0.0614 e. The molecule has 104 valence electrons. The van der Waals surface area contributed by atoms with Crippen LogP contribution in [0.15, 0.2) is 42.5 Å². The van der Waals surface area contributed by atoms with Crippen molar-refractivity contribution in [1.82, 2.24) is 0 Å². The van der Waals surface area contributed by atoms with Gasteiger partial charge >= 0.3 is 0 Å². The van der Waals surface area contributed by atoms with E-state index in [9.17, 15) is 5.11 Å². The van der Waals surface area contributed by atoms with Crippen LogP contribution in [0.4, 0.5) is 0 Å². The second-order valence-corrected chi connectivity index (χ2v) is 6.64. The first kappa shape index (κ1) is 12.4. The predicted octanol–water partition coefficient (Wildman–Crippen LogP) is 4.18. The van der Waals surface area contributed by atoms with Gasteiger partial charge in [0.2, 0.25) is 0 Å². The zero-order valence-corrected chi connectivity index (χ0v) is 11.8. The lowest BCUT2D eigenvalue weighted by atomic mass is 10.00. The van der Waals surface area contributed by atoms with Crippen LogP contribution < -0.4 is 0 Å². The Morgan fingerprint density at radius 2 is 1.65 bits per heavy atom. The van der Waals surface area contributed by atoms with Crippen LogP contribution in [-0.4, -0.2) is 11.2 Å². The van der Waals surface area contributed by atoms with E-state index < -0.39 is 0 Å². The molecular formula is C19H22O. The van der Waals surface area contributed by atoms with E-state index in [1.165, 1.54) is 42.0 Å². The average molecular weight is 266 g/mol. The highest BCUT2D eigenvalue weighted by Crippen LogP contribution is 2.57. The molecule has 3 atom stereocenters. The van der Waals surface area contributed by atoms with Crippen LogP contribution in [0.3, 0.4) is 0 Å². The molecule has 2 saturated carbocycles. The van der Waals surface area contributed by atoms with Crippen LogP contribution in [0, 0.1) is 17.8 Å². The summed E-state index contributed by atoms with van der Waals surface area (Å²) in [5.74, 6) is 2.25. The van der Waals surface area contributed by atoms with Crippen molar-refractivity contribution in [1.29, 1.82) is 0 Å². The summed E-state index contributed by atoms with van der Waals surface area (Å²) in [5.41, 5.74) is 1.28. The fourth-order valence-electron chi connectivity index (χ4n) is 4.36. The highest BCUT2D eigenvalue weighted by molar-refractivity contribution is 5.82. The van der Waals surface area contributed by atoms with Crippen molar-refractivity contribution in [3.05, 3.63) is 48.0 Å². The lowest BCUT2D eigenvalue weighted by Gasteiger charge is -2.11. The maximum Gasteiger partial charge on any atom is 0.0614 e. The maximum atomic E-state index is 10.5. The fourth-order valence-corrected chi connectivity index (χ4v) is 4.36. The molecule has 0 aromatic heterocycles. The molecule has 2 aliphatic rings. The van der Waals surface area contributed by atoms with E-state index in [0.29, 0.717) is 5.92 Å². The summed E-state index contributed by atoms with van der Waals surface area (Å²) in [6.45, 7) is 0. The molecule has 0 radical (unpaired) electrons. The van der Waals surface area contributed by atoms with E-state index in [4.69, 9.17) is 0 Å². The SMILES string of the molecule is OC(Cc1ccc2ccccc2c1)C1C2CCCCC21. The molecule has 2 fully saturated rings. The Bertz CT molecular complexity index is 606. The topological polar surface area (TPSA) is 20.2 Å². The van der Waals surface area contributed by atoms with Gasteiger partial charge in [-0.25, -0.2) is 0 Å². The van der Waals surface area contributed by atoms with Crippen LogP contribution >= 0.6 is 0 Å². The van der Waals surface area contributed by atoms with Crippen molar-refractivity contribution < 1.29 is 5.11 Å². The van der Waals surface area contributed by atoms with Crippen LogP contribution in [0.1, 0.15) is 31.2 Å². The zero-order chi connectivity index (χ0) is 13.5. The first-order chi connectivity index (χ1) is 9.83. The highest BCUT2D eigenvalue weighted by atomic mass is 16.3. The normalized spacial score (nSPS) is 29.9. The molecule has 0 saturated heterocycles. The third kappa shape index (κ3) is 2.14. The average Bonchev–Trinajstić information content (AvgIpc) is 3.21. The minimum atomic E-state index is -0.135. The summed E-state index contributed by atoms with van der Waals surface area (Å²) in [6, 6.07) is 15.1. The van der Waals surface area contributed by atoms with Gasteiger partial charge in [0, 0.05) is 0 Å². The molecule has 0 bridgehead atoms. The maximum absolute atomic E-state index is 10.5. The summed E-state index contributed by atoms with van der Waals surface area (Å²) in [7, 11) is 0. The minimum absolute atomic E-state index is 0.135. The predicted molar refractivity (Wildman–Crippen MR) is 82.6 cm³/mol. The van der Waals surface area contributed by atoms with E-state index in [0.717, 1.165) is 18.3 Å². The Balaban J connectivity index is 1.50. The molecule has 20 heavy (non-hydrogen) atoms. The minimum Gasteiger partial charge on any atom is -0.392 e. The number of fused-ring (bicyclic) bond motifs is 2. The molecule has 1 nitrogen and oxygen atoms in total. The molecule has 2 aromatic rings. The first-order valence-corrected chi connectivity index (χ1v) is 7.99. The van der Waals surface area contributed by atoms with Crippen molar-refractivity contribution >= 4 is 10.8 Å². The third-order valence-electron chi connectivity index (χ3n) is 5.43. The van der Waals surface area contributed by atoms with Crippen molar-refractivity contribution in [3.63, 3.8) is 0 Å². The van der Waals surface area contributed by atoms with Gasteiger partial charge in [-0.2, -0.15) is 0 Å². The van der Waals surface area contributed by atoms with Crippen molar-refractivity contribution in [2.75, 3.05) is 0 Å². The lowest BCUT2D eigenvalue weighted by molar-refractivity contribution is 0.140. The lowest BCUT2D eigenvalue weighted by Crippen LogP contribution is -2.15. The van der Waals surface area contributed by atoms with Gasteiger partial charge in [0.1, 0.15) is 0 Å². The van der Waals surface area contributed by atoms with Crippen molar-refractivity contribution in [3.8, 4) is 0 Å². The molecule has 3 unspecified atom stereocenters. The van der Waals surface area contributed by atoms with Gasteiger partial charge in [0.25, 0.3) is 0 Å². The van der Waals surface area contributed by atoms with Crippen molar-refractivity contribution in [2.24, 2.45) is 17.8 Å². The Labute approximate surface area is 120 Å². The zero-order valence-electron chi connectivity index (χ0n) is 11.8. The Hall–Kier alpha value is -1.34. The van der Waals surface area contributed by atoms with E-state index in [-0.39, 0.29) is 6.10 Å². The van der Waals surface area contributed by atoms with Gasteiger partial charge in [-0.05, 0) is 53.4 Å². The summed E-state index contributed by atoms with van der Waals surface area (Å²) < 4.78 is 0. The molecule has 0 spiro atoms. The van der Waals surface area contributed by atoms with Gasteiger partial charge in [0.15, 0.2) is 0 Å². The largest absolute Gasteiger partial charge is 0.392 e. The number of hydrogen-bond acceptors (Lipinski definition) is 1. The first-order valence-electron chi connectivity index (χ1n) is 7.99. The standard InChI is InChI=1S/C19H22O/c20-18(19-16-7-3-4-8-17(16)19)12-13-9-10-14-5-1-2-6-15(14)11-13/h1-2,5-6,9-11,16-20H,3-4,7-8,12H2. The quantitative estimate of drug-likeness (QED) is 0.883. The third-order valence-corrected chi connectivity index (χ3v) is 5.43. The number of aliphatic hydroxyl groups excluding tert-OH is 1. The molecule has 1 heteroatoms. The second-order valence-electron chi connectivity index (χ2n) is 6.64. The Morgan fingerprint density at radius 1 is 0.950 bits per heavy atom. The number of aliphatic hydroxyl groups is 1. The van der Waals surface area contributed by atoms with E-state index in [1.54, 1.807) is 0 Å². The van der Waals surface area contributed by atoms with Crippen LogP contribution in [0.25, 0.3) is 10.8 Å². The highest BCUT2D eigenvalue weighted by Gasteiger charge is 2.53. The molecule has 0 aliphatic heterocycles. The fraction of sp³-hybridized carbons (Fsp3) is 0.474. The van der Waals surface area contributed by atoms with Crippen LogP contribution in [0.2, 0.25) is 0 Å². The number of hydrogen-bond donors (Lipinski definition) is 1. The van der Waals surface area contributed by atoms with Crippen LogP contribution in [0.5, 0.6) is 0 Å². The molecule has 2 aliphatic carbocycles. The molecule has 0 heterocycles. The second kappa shape index (κ2) is 4.89. The summed E-state index contributed by atoms with van der Waals surface area (Å²) in [4.78, 5) is 0. The summed E-state index contributed by atoms with van der Waals surface area (Å²) in [6.07, 6.45) is 6.14. The molecule has 2 aromatic carbocycles. The Kier molecular flexibility index (Phi) is 3.03. The Morgan fingerprint density at radius 3 is 2.40 bits per heavy atom. The van der Waals surface area contributed by atoms with Gasteiger partial charge in [-0.15, -0.1) is 0 Å². The van der Waals surface area contributed by atoms with Gasteiger partial charge in [-0.1, -0.05) is 55.3 Å². The molecule has 4 rings (SSSR count). The number of rotatable bonds is 3. The molecule has 0 amide bonds. The van der Waals surface area contributed by atoms with E-state index in [2.05, 4.69) is 42.5 Å². The molecular weight excluding hydrogens is 244 g/mol. The van der Waals surface area contributed by atoms with Gasteiger partial charge < -0.3 is 5.11 Å². The monoisotopic (exact) mass is 266 g/mol. The van der Waals surface area contributed by atoms with Crippen molar-refractivity contribution in [2.45, 2.75) is 38.2 Å². The van der Waals surface area contributed by atoms with E-state index in [1.807, 2.05) is 0 Å². The van der Waals surface area contributed by atoms with Gasteiger partial charge in [0.05, 0.1) is 6.10 Å². The van der Waals surface area contributed by atoms with Crippen LogP contribution in [-0.2, 0) is 6.42 Å². The van der Waals surface area contributed by atoms with Gasteiger partial charge in [-0.3, -0.25) is 0 Å². The number of benzene rings is 2. The summed E-state index contributed by atoms with van der Waals surface area (Å²) in [5, 5.41) is 13.1. The van der Waals surface area contributed by atoms with E-state index >= 15 is 0 Å².